The van der Waals surface area contributed by atoms with E-state index in [0.29, 0.717) is 6.42 Å². The first-order chi connectivity index (χ1) is 19.5. The van der Waals surface area contributed by atoms with Crippen LogP contribution in [0.2, 0.25) is 0 Å². The van der Waals surface area contributed by atoms with E-state index in [9.17, 15) is 0 Å². The number of rotatable bonds is 4. The fraction of sp³-hybridized carbons (Fsp3) is 0.333. The number of carbonyl (C=O) groups is 6. The number of hydrogen-bond acceptors (Lipinski definition) is 12. The second-order valence-corrected chi connectivity index (χ2v) is 6.01. The maximum absolute atomic E-state index is 8.66. The first kappa shape index (κ1) is 73.0. The zero-order chi connectivity index (χ0) is 33.5. The van der Waals surface area contributed by atoms with Crippen LogP contribution < -0.4 is 14.7 Å². The molecule has 0 unspecified atom stereocenters. The van der Waals surface area contributed by atoms with E-state index in [1.54, 1.807) is 0 Å². The molecule has 3 radical (unpaired) electrons. The molecule has 0 aromatic carbocycles. The molecular formula is C27H41Mn3O12P. The summed E-state index contributed by atoms with van der Waals surface area (Å²) in [5.41, 5.74) is -0.667. The average molecular weight is 753 g/mol. The summed E-state index contributed by atoms with van der Waals surface area (Å²) in [6.45, 7) is 13.4. The number of aliphatic hydroxyl groups is 3. The first-order valence-electron chi connectivity index (χ1n) is 10.5. The van der Waals surface area contributed by atoms with Gasteiger partial charge in [-0.1, -0.05) is 6.92 Å². The fourth-order valence-corrected chi connectivity index (χ4v) is 1.51. The third-order valence-electron chi connectivity index (χ3n) is 3.51. The van der Waals surface area contributed by atoms with Gasteiger partial charge in [0.1, 0.15) is 40.7 Å². The summed E-state index contributed by atoms with van der Waals surface area (Å²) in [5.74, 6) is 0. The van der Waals surface area contributed by atoms with Crippen molar-refractivity contribution in [2.24, 2.45) is 5.41 Å². The van der Waals surface area contributed by atoms with Crippen molar-refractivity contribution in [1.82, 2.24) is 0 Å². The van der Waals surface area contributed by atoms with E-state index in [-0.39, 0.29) is 71.0 Å². The van der Waals surface area contributed by atoms with Gasteiger partial charge in [-0.2, -0.15) is 18.2 Å². The van der Waals surface area contributed by atoms with Crippen LogP contribution in [-0.2, 0) is 80.0 Å². The van der Waals surface area contributed by atoms with Crippen LogP contribution in [0.3, 0.4) is 0 Å². The standard InChI is InChI=1S/C6H14O3.3C5H5.6CH2O.3Mn.O3P/c1-2-6(3-7,4-8)5-9;3*1-2-4-5-3-1;6*1-2;;;;1-4(2)3/h7-9H,2-5H2,1H3;3*1-3H,4H2;6*1H2;;;;/q;3*-1;;;;;;;3*+2;-3. The molecule has 0 bridgehead atoms. The maximum atomic E-state index is 8.66. The molecule has 43 heavy (non-hydrogen) atoms. The van der Waals surface area contributed by atoms with Crippen molar-refractivity contribution in [2.45, 2.75) is 32.6 Å². The first-order valence-corrected chi connectivity index (χ1v) is 11.6. The molecule has 247 valence electrons. The summed E-state index contributed by atoms with van der Waals surface area (Å²) in [5, 5.41) is 26.0. The van der Waals surface area contributed by atoms with Gasteiger partial charge in [0, 0.05) is 5.41 Å². The zero-order valence-electron chi connectivity index (χ0n) is 24.0. The minimum atomic E-state index is -3.37. The van der Waals surface area contributed by atoms with E-state index in [1.807, 2.05) is 84.1 Å². The number of carbonyl (C=O) groups excluding carboxylic acids is 6. The quantitative estimate of drug-likeness (QED) is 0.187. The Labute approximate surface area is 288 Å². The van der Waals surface area contributed by atoms with Gasteiger partial charge in [0.15, 0.2) is 0 Å². The molecule has 3 aliphatic carbocycles. The second-order valence-electron chi connectivity index (χ2n) is 5.56. The van der Waals surface area contributed by atoms with Gasteiger partial charge in [-0.3, -0.25) is 18.2 Å². The Bertz CT molecular complexity index is 500. The van der Waals surface area contributed by atoms with Crippen molar-refractivity contribution in [1.29, 1.82) is 0 Å². The molecule has 0 heterocycles. The van der Waals surface area contributed by atoms with Gasteiger partial charge < -0.3 is 67.4 Å². The Morgan fingerprint density at radius 1 is 0.581 bits per heavy atom. The second kappa shape index (κ2) is 90.0. The molecule has 0 spiro atoms. The molecule has 3 aliphatic rings. The smallest absolute Gasteiger partial charge is 0.854 e. The van der Waals surface area contributed by atoms with E-state index in [1.165, 1.54) is 0 Å². The van der Waals surface area contributed by atoms with E-state index >= 15 is 0 Å². The van der Waals surface area contributed by atoms with E-state index in [4.69, 9.17) is 58.8 Å². The Morgan fingerprint density at radius 2 is 0.767 bits per heavy atom. The summed E-state index contributed by atoms with van der Waals surface area (Å²) in [6, 6.07) is 0. The van der Waals surface area contributed by atoms with E-state index < -0.39 is 14.0 Å². The topological polar surface area (TPSA) is 232 Å². The number of aliphatic hydroxyl groups excluding tert-OH is 3. The van der Waals surface area contributed by atoms with Gasteiger partial charge in [-0.25, -0.2) is 36.5 Å². The van der Waals surface area contributed by atoms with Gasteiger partial charge in [-0.05, 0) is 6.42 Å². The SMILES string of the molecule is C=O.C=O.C=O.C=O.C=O.C=O.CCC(CO)(CO)CO.[C-]1=CC=CC1.[C-]1=CC=CC1.[C-]1=CC=CC1.[Mn+2].[Mn+2].[Mn+2].[O-]P([O-])[O-]. The minimum Gasteiger partial charge on any atom is -0.854 e. The number of allylic oxidation sites excluding steroid dienone is 12. The van der Waals surface area contributed by atoms with Crippen LogP contribution in [-0.4, -0.2) is 75.9 Å². The van der Waals surface area contributed by atoms with Gasteiger partial charge in [0.2, 0.25) is 0 Å². The van der Waals surface area contributed by atoms with Crippen molar-refractivity contribution < 1.29 is 110 Å². The van der Waals surface area contributed by atoms with Crippen LogP contribution in [0.5, 0.6) is 0 Å². The molecule has 16 heteroatoms. The fourth-order valence-electron chi connectivity index (χ4n) is 1.51. The predicted molar refractivity (Wildman–Crippen MR) is 148 cm³/mol. The van der Waals surface area contributed by atoms with Crippen LogP contribution in [0.25, 0.3) is 0 Å². The van der Waals surface area contributed by atoms with Gasteiger partial charge in [-0.15, -0.1) is 19.3 Å². The summed E-state index contributed by atoms with van der Waals surface area (Å²) >= 11 is 0. The summed E-state index contributed by atoms with van der Waals surface area (Å²) in [6.07, 6.45) is 30.6. The largest absolute Gasteiger partial charge is 2.00 e. The summed E-state index contributed by atoms with van der Waals surface area (Å²) in [7, 11) is -3.37. The van der Waals surface area contributed by atoms with Crippen LogP contribution in [0.1, 0.15) is 32.6 Å². The zero-order valence-corrected chi connectivity index (χ0v) is 28.4. The summed E-state index contributed by atoms with van der Waals surface area (Å²) in [4.78, 5) is 73.4. The molecule has 0 saturated carbocycles. The third kappa shape index (κ3) is 92.4. The molecule has 3 N–H and O–H groups in total. The van der Waals surface area contributed by atoms with Crippen LogP contribution in [0.4, 0.5) is 0 Å². The third-order valence-corrected chi connectivity index (χ3v) is 3.51. The Balaban J connectivity index is -0.0000000303. The van der Waals surface area contributed by atoms with Crippen molar-refractivity contribution in [3.63, 3.8) is 0 Å². The average Bonchev–Trinajstić information content (AvgIpc) is 3.88. The maximum Gasteiger partial charge on any atom is 2.00 e. The normalized spacial score (nSPS) is 10.0. The Morgan fingerprint density at radius 3 is 0.791 bits per heavy atom. The Kier molecular flexibility index (Phi) is 153. The number of hydrogen-bond donors (Lipinski definition) is 3. The van der Waals surface area contributed by atoms with E-state index in [2.05, 4.69) is 36.5 Å². The Hall–Kier alpha value is -1.79. The van der Waals surface area contributed by atoms with Crippen LogP contribution >= 0.6 is 8.60 Å². The summed E-state index contributed by atoms with van der Waals surface area (Å²) < 4.78 is 0. The van der Waals surface area contributed by atoms with E-state index in [0.717, 1.165) is 19.3 Å². The van der Waals surface area contributed by atoms with Crippen molar-refractivity contribution in [3.8, 4) is 0 Å². The monoisotopic (exact) mass is 753 g/mol. The molecule has 0 aliphatic heterocycles. The molecular weight excluding hydrogens is 712 g/mol. The van der Waals surface area contributed by atoms with Gasteiger partial charge in [0.05, 0.1) is 19.8 Å². The predicted octanol–water partition coefficient (Wildman–Crippen LogP) is -0.546. The van der Waals surface area contributed by atoms with Gasteiger partial charge >= 0.3 is 51.2 Å². The molecule has 0 atom stereocenters. The van der Waals surface area contributed by atoms with Crippen molar-refractivity contribution in [2.75, 3.05) is 19.8 Å². The molecule has 3 rings (SSSR count). The molecule has 0 aromatic heterocycles. The van der Waals surface area contributed by atoms with Crippen LogP contribution in [0, 0.1) is 23.6 Å². The molecule has 0 fully saturated rings. The van der Waals surface area contributed by atoms with Gasteiger partial charge in [0.25, 0.3) is 0 Å². The molecule has 0 saturated heterocycles. The van der Waals surface area contributed by atoms with Crippen molar-refractivity contribution >= 4 is 49.3 Å². The van der Waals surface area contributed by atoms with Crippen molar-refractivity contribution in [3.05, 3.63) is 72.9 Å². The van der Waals surface area contributed by atoms with Crippen LogP contribution in [0.15, 0.2) is 54.7 Å². The molecule has 0 aromatic rings. The minimum absolute atomic E-state index is 0. The molecule has 12 nitrogen and oxygen atoms in total. The molecule has 0 amide bonds.